The molecule has 0 saturated carbocycles. The largest absolute Gasteiger partial charge is 0.346 e. The van der Waals surface area contributed by atoms with Gasteiger partial charge < -0.3 is 9.88 Å². The van der Waals surface area contributed by atoms with Gasteiger partial charge in [-0.05, 0) is 49.8 Å². The van der Waals surface area contributed by atoms with Crippen LogP contribution in [-0.2, 0) is 11.8 Å². The van der Waals surface area contributed by atoms with Gasteiger partial charge in [0.2, 0.25) is 5.91 Å². The van der Waals surface area contributed by atoms with Gasteiger partial charge in [-0.25, -0.2) is 4.98 Å². The number of carbonyl (C=O) groups excluding carboxylic acids is 1. The smallest absolute Gasteiger partial charge is 0.220 e. The summed E-state index contributed by atoms with van der Waals surface area (Å²) in [6, 6.07) is 8.13. The maximum atomic E-state index is 12.5. The van der Waals surface area contributed by atoms with Crippen molar-refractivity contribution >= 4 is 50.3 Å². The van der Waals surface area contributed by atoms with E-state index in [0.717, 1.165) is 47.1 Å². The van der Waals surface area contributed by atoms with Gasteiger partial charge in [0.25, 0.3) is 0 Å². The van der Waals surface area contributed by atoms with Crippen molar-refractivity contribution in [3.8, 4) is 0 Å². The standard InChI is InChI=1S/C20H29N3OS3/c1-23-18-9-5-4-8-16(18)22-20(23)17(12-13-25-2)21-19(24)10-6-3-7-15-11-14-26-27-15/h4-5,8-9,15,17H,3,6-7,10-14H2,1-2H3,(H,21,24)/t15-,17+/m1/s1. The van der Waals surface area contributed by atoms with E-state index in [1.807, 2.05) is 58.6 Å². The molecule has 2 aromatic rings. The molecule has 2 heterocycles. The Kier molecular flexibility index (Phi) is 8.27. The summed E-state index contributed by atoms with van der Waals surface area (Å²) < 4.78 is 2.12. The molecule has 2 atom stereocenters. The molecule has 1 fully saturated rings. The number of fused-ring (bicyclic) bond motifs is 1. The molecule has 1 saturated heterocycles. The van der Waals surface area contributed by atoms with Crippen LogP contribution in [0, 0.1) is 0 Å². The molecule has 1 aromatic heterocycles. The number of nitrogens with zero attached hydrogens (tertiary/aromatic N) is 2. The van der Waals surface area contributed by atoms with Crippen molar-refractivity contribution in [3.63, 3.8) is 0 Å². The molecule has 148 valence electrons. The van der Waals surface area contributed by atoms with E-state index in [1.54, 1.807) is 0 Å². The van der Waals surface area contributed by atoms with Crippen LogP contribution in [0.25, 0.3) is 11.0 Å². The summed E-state index contributed by atoms with van der Waals surface area (Å²) in [5.41, 5.74) is 2.10. The molecule has 0 unspecified atom stereocenters. The van der Waals surface area contributed by atoms with Crippen molar-refractivity contribution in [1.29, 1.82) is 0 Å². The first-order valence-electron chi connectivity index (χ1n) is 9.67. The number of amides is 1. The predicted octanol–water partition coefficient (Wildman–Crippen LogP) is 5.20. The second kappa shape index (κ2) is 10.7. The normalized spacial score (nSPS) is 18.1. The van der Waals surface area contributed by atoms with Gasteiger partial charge in [-0.15, -0.1) is 0 Å². The monoisotopic (exact) mass is 423 g/mol. The lowest BCUT2D eigenvalue weighted by atomic mass is 10.1. The van der Waals surface area contributed by atoms with Crippen molar-refractivity contribution in [3.05, 3.63) is 30.1 Å². The minimum Gasteiger partial charge on any atom is -0.346 e. The fourth-order valence-corrected chi connectivity index (χ4v) is 6.96. The van der Waals surface area contributed by atoms with E-state index in [-0.39, 0.29) is 11.9 Å². The number of aromatic nitrogens is 2. The Morgan fingerprint density at radius 2 is 2.26 bits per heavy atom. The van der Waals surface area contributed by atoms with Gasteiger partial charge in [-0.3, -0.25) is 4.79 Å². The van der Waals surface area contributed by atoms with Crippen molar-refractivity contribution in [1.82, 2.24) is 14.9 Å². The first kappa shape index (κ1) is 20.9. The van der Waals surface area contributed by atoms with Crippen molar-refractivity contribution < 1.29 is 4.79 Å². The highest BCUT2D eigenvalue weighted by atomic mass is 33.1. The molecule has 0 spiro atoms. The van der Waals surface area contributed by atoms with E-state index in [4.69, 9.17) is 4.98 Å². The molecule has 0 radical (unpaired) electrons. The first-order valence-corrected chi connectivity index (χ1v) is 13.4. The molecular weight excluding hydrogens is 394 g/mol. The Labute approximate surface area is 174 Å². The predicted molar refractivity (Wildman–Crippen MR) is 122 cm³/mol. The van der Waals surface area contributed by atoms with E-state index >= 15 is 0 Å². The van der Waals surface area contributed by atoms with Crippen LogP contribution < -0.4 is 5.32 Å². The summed E-state index contributed by atoms with van der Waals surface area (Å²) in [6.07, 6.45) is 8.31. The maximum Gasteiger partial charge on any atom is 0.220 e. The van der Waals surface area contributed by atoms with Gasteiger partial charge in [-0.2, -0.15) is 11.8 Å². The van der Waals surface area contributed by atoms with Crippen molar-refractivity contribution in [2.75, 3.05) is 17.8 Å². The lowest BCUT2D eigenvalue weighted by Gasteiger charge is -2.18. The van der Waals surface area contributed by atoms with Crippen molar-refractivity contribution in [2.24, 2.45) is 7.05 Å². The van der Waals surface area contributed by atoms with Crippen LogP contribution >= 0.6 is 33.3 Å². The average Bonchev–Trinajstić information content (AvgIpc) is 3.31. The number of benzene rings is 1. The highest BCUT2D eigenvalue weighted by Crippen LogP contribution is 2.39. The molecule has 0 bridgehead atoms. The number of rotatable bonds is 10. The zero-order chi connectivity index (χ0) is 19.1. The van der Waals surface area contributed by atoms with Crippen LogP contribution in [-0.4, -0.2) is 38.5 Å². The van der Waals surface area contributed by atoms with E-state index in [9.17, 15) is 4.79 Å². The number of para-hydroxylation sites is 2. The molecule has 1 N–H and O–H groups in total. The molecular formula is C20H29N3OS3. The third-order valence-electron chi connectivity index (χ3n) is 4.99. The van der Waals surface area contributed by atoms with Gasteiger partial charge in [0.05, 0.1) is 17.1 Å². The maximum absolute atomic E-state index is 12.5. The Hall–Kier alpha value is -0.790. The Morgan fingerprint density at radius 3 is 3.00 bits per heavy atom. The zero-order valence-electron chi connectivity index (χ0n) is 16.1. The Bertz CT molecular complexity index is 743. The summed E-state index contributed by atoms with van der Waals surface area (Å²) in [5.74, 6) is 3.40. The summed E-state index contributed by atoms with van der Waals surface area (Å²) in [7, 11) is 6.06. The topological polar surface area (TPSA) is 46.9 Å². The quantitative estimate of drug-likeness (QED) is 0.420. The minimum absolute atomic E-state index is 0.0239. The highest BCUT2D eigenvalue weighted by Gasteiger charge is 2.21. The molecule has 1 aliphatic heterocycles. The van der Waals surface area contributed by atoms with Gasteiger partial charge in [0, 0.05) is 24.5 Å². The lowest BCUT2D eigenvalue weighted by Crippen LogP contribution is -2.30. The van der Waals surface area contributed by atoms with E-state index in [0.29, 0.717) is 6.42 Å². The number of nitrogens with one attached hydrogen (secondary N) is 1. The summed E-state index contributed by atoms with van der Waals surface area (Å²) in [6.45, 7) is 0. The van der Waals surface area contributed by atoms with E-state index in [1.165, 1.54) is 18.6 Å². The lowest BCUT2D eigenvalue weighted by molar-refractivity contribution is -0.122. The third kappa shape index (κ3) is 5.84. The first-order chi connectivity index (χ1) is 13.2. The zero-order valence-corrected chi connectivity index (χ0v) is 18.6. The summed E-state index contributed by atoms with van der Waals surface area (Å²) >= 11 is 1.81. The fraction of sp³-hybridized carbons (Fsp3) is 0.600. The molecule has 27 heavy (non-hydrogen) atoms. The number of imidazole rings is 1. The van der Waals surface area contributed by atoms with Gasteiger partial charge in [0.1, 0.15) is 5.82 Å². The molecule has 4 nitrogen and oxygen atoms in total. The third-order valence-corrected chi connectivity index (χ3v) is 8.64. The average molecular weight is 424 g/mol. The van der Waals surface area contributed by atoms with Crippen LogP contribution in [0.2, 0.25) is 0 Å². The van der Waals surface area contributed by atoms with Crippen LogP contribution in [0.5, 0.6) is 0 Å². The molecule has 3 rings (SSSR count). The van der Waals surface area contributed by atoms with Crippen LogP contribution in [0.3, 0.4) is 0 Å². The van der Waals surface area contributed by atoms with E-state index < -0.39 is 0 Å². The molecule has 1 amide bonds. The number of aryl methyl sites for hydroxylation is 1. The molecule has 7 heteroatoms. The summed E-state index contributed by atoms with van der Waals surface area (Å²) in [5, 5.41) is 4.05. The number of hydrogen-bond acceptors (Lipinski definition) is 5. The van der Waals surface area contributed by atoms with Gasteiger partial charge >= 0.3 is 0 Å². The fourth-order valence-electron chi connectivity index (χ4n) is 3.47. The number of thioether (sulfide) groups is 1. The van der Waals surface area contributed by atoms with E-state index in [2.05, 4.69) is 22.2 Å². The van der Waals surface area contributed by atoms with Gasteiger partial charge in [0.15, 0.2) is 0 Å². The number of hydrogen-bond donors (Lipinski definition) is 1. The van der Waals surface area contributed by atoms with Crippen LogP contribution in [0.15, 0.2) is 24.3 Å². The highest BCUT2D eigenvalue weighted by molar-refractivity contribution is 8.77. The number of unbranched alkanes of at least 4 members (excludes halogenated alkanes) is 1. The Morgan fingerprint density at radius 1 is 1.41 bits per heavy atom. The SMILES string of the molecule is CSCC[C@H](NC(=O)CCCC[C@@H]1CCSS1)c1nc2ccccc2n1C. The van der Waals surface area contributed by atoms with Gasteiger partial charge in [-0.1, -0.05) is 40.1 Å². The molecule has 1 aromatic carbocycles. The van der Waals surface area contributed by atoms with Crippen molar-refractivity contribution in [2.45, 2.75) is 49.8 Å². The summed E-state index contributed by atoms with van der Waals surface area (Å²) in [4.78, 5) is 17.3. The molecule has 0 aliphatic carbocycles. The minimum atomic E-state index is -0.0239. The molecule has 1 aliphatic rings. The Balaban J connectivity index is 1.56. The second-order valence-electron chi connectivity index (χ2n) is 6.99. The van der Waals surface area contributed by atoms with Crippen LogP contribution in [0.1, 0.15) is 50.4 Å². The number of carbonyl (C=O) groups is 1. The van der Waals surface area contributed by atoms with Crippen LogP contribution in [0.4, 0.5) is 0 Å². The second-order valence-corrected chi connectivity index (χ2v) is 10.8.